The highest BCUT2D eigenvalue weighted by Crippen LogP contribution is 2.30. The van der Waals surface area contributed by atoms with E-state index in [1.165, 1.54) is 17.7 Å². The van der Waals surface area contributed by atoms with E-state index >= 15 is 0 Å². The zero-order valence-electron chi connectivity index (χ0n) is 11.0. The lowest BCUT2D eigenvalue weighted by Crippen LogP contribution is -2.29. The molecule has 1 N–H and O–H groups in total. The van der Waals surface area contributed by atoms with Gasteiger partial charge in [-0.15, -0.1) is 0 Å². The minimum atomic E-state index is -0.509. The van der Waals surface area contributed by atoms with E-state index in [0.29, 0.717) is 0 Å². The topological polar surface area (TPSA) is 49.2 Å². The van der Waals surface area contributed by atoms with Gasteiger partial charge in [-0.1, -0.05) is 0 Å². The average molecular weight is 247 g/mol. The van der Waals surface area contributed by atoms with Crippen molar-refractivity contribution < 1.29 is 5.11 Å². The van der Waals surface area contributed by atoms with E-state index in [2.05, 4.69) is 14.9 Å². The number of fused-ring (bicyclic) bond motifs is 1. The molecule has 0 spiro atoms. The monoisotopic (exact) mass is 247 g/mol. The Labute approximate surface area is 108 Å². The third-order valence-electron chi connectivity index (χ3n) is 4.22. The van der Waals surface area contributed by atoms with Gasteiger partial charge < -0.3 is 10.0 Å². The second kappa shape index (κ2) is 4.50. The van der Waals surface area contributed by atoms with Gasteiger partial charge in [-0.2, -0.15) is 0 Å². The predicted molar refractivity (Wildman–Crippen MR) is 70.7 cm³/mol. The Morgan fingerprint density at radius 2 is 2.06 bits per heavy atom. The summed E-state index contributed by atoms with van der Waals surface area (Å²) in [5.41, 5.74) is 2.07. The molecule has 1 aromatic heterocycles. The van der Waals surface area contributed by atoms with Crippen LogP contribution in [0.5, 0.6) is 0 Å². The molecule has 0 bridgehead atoms. The fourth-order valence-electron chi connectivity index (χ4n) is 3.09. The van der Waals surface area contributed by atoms with Crippen molar-refractivity contribution in [1.82, 2.24) is 9.97 Å². The third-order valence-corrected chi connectivity index (χ3v) is 4.22. The van der Waals surface area contributed by atoms with Crippen molar-refractivity contribution in [3.63, 3.8) is 0 Å². The summed E-state index contributed by atoms with van der Waals surface area (Å²) in [5.74, 6) is 1.12. The van der Waals surface area contributed by atoms with Crippen LogP contribution in [0.2, 0.25) is 0 Å². The number of nitrogens with zero attached hydrogens (tertiary/aromatic N) is 3. The Balaban J connectivity index is 1.85. The molecule has 1 aliphatic carbocycles. The Morgan fingerprint density at radius 1 is 1.17 bits per heavy atom. The number of hydrogen-bond donors (Lipinski definition) is 1. The van der Waals surface area contributed by atoms with Gasteiger partial charge in [0.1, 0.15) is 12.1 Å². The van der Waals surface area contributed by atoms with Gasteiger partial charge in [0.05, 0.1) is 5.60 Å². The van der Waals surface area contributed by atoms with Crippen molar-refractivity contribution in [2.45, 2.75) is 51.0 Å². The molecule has 18 heavy (non-hydrogen) atoms. The van der Waals surface area contributed by atoms with Crippen LogP contribution < -0.4 is 4.90 Å². The molecule has 2 aliphatic rings. The minimum Gasteiger partial charge on any atom is -0.390 e. The number of rotatable bonds is 1. The summed E-state index contributed by atoms with van der Waals surface area (Å²) in [6, 6.07) is 0. The summed E-state index contributed by atoms with van der Waals surface area (Å²) in [6.45, 7) is 3.84. The van der Waals surface area contributed by atoms with Crippen LogP contribution >= 0.6 is 0 Å². The first kappa shape index (κ1) is 11.9. The molecule has 4 nitrogen and oxygen atoms in total. The molecule has 1 unspecified atom stereocenters. The van der Waals surface area contributed by atoms with E-state index in [1.54, 1.807) is 6.33 Å². The Morgan fingerprint density at radius 3 is 2.94 bits per heavy atom. The molecule has 0 saturated carbocycles. The van der Waals surface area contributed by atoms with Crippen LogP contribution in [0.4, 0.5) is 5.82 Å². The molecule has 0 aromatic carbocycles. The highest BCUT2D eigenvalue weighted by Gasteiger charge is 2.27. The molecule has 98 valence electrons. The van der Waals surface area contributed by atoms with Crippen LogP contribution in [-0.4, -0.2) is 33.8 Å². The van der Waals surface area contributed by atoms with Gasteiger partial charge in [-0.3, -0.25) is 0 Å². The first-order chi connectivity index (χ1) is 8.66. The van der Waals surface area contributed by atoms with E-state index in [1.807, 2.05) is 6.92 Å². The standard InChI is InChI=1S/C14H21N3O/c1-14(18)6-3-8-17(9-7-14)13-11-4-2-5-12(11)15-10-16-13/h10,18H,2-9H2,1H3. The van der Waals surface area contributed by atoms with Crippen LogP contribution in [0.25, 0.3) is 0 Å². The highest BCUT2D eigenvalue weighted by molar-refractivity contribution is 5.50. The van der Waals surface area contributed by atoms with Crippen molar-refractivity contribution in [2.75, 3.05) is 18.0 Å². The molecule has 0 amide bonds. The summed E-state index contributed by atoms with van der Waals surface area (Å²) >= 11 is 0. The minimum absolute atomic E-state index is 0.509. The number of hydrogen-bond acceptors (Lipinski definition) is 4. The second-order valence-corrected chi connectivity index (χ2v) is 5.81. The lowest BCUT2D eigenvalue weighted by atomic mass is 9.98. The molecule has 0 radical (unpaired) electrons. The Bertz CT molecular complexity index is 445. The van der Waals surface area contributed by atoms with E-state index in [4.69, 9.17) is 0 Å². The molecule has 1 aliphatic heterocycles. The summed E-state index contributed by atoms with van der Waals surface area (Å²) in [4.78, 5) is 11.2. The van der Waals surface area contributed by atoms with Crippen LogP contribution in [0.3, 0.4) is 0 Å². The van der Waals surface area contributed by atoms with Gasteiger partial charge in [0.2, 0.25) is 0 Å². The molecule has 2 heterocycles. The Hall–Kier alpha value is -1.16. The summed E-state index contributed by atoms with van der Waals surface area (Å²) in [7, 11) is 0. The predicted octanol–water partition coefficient (Wildman–Crippen LogP) is 1.71. The maximum atomic E-state index is 10.2. The fraction of sp³-hybridized carbons (Fsp3) is 0.714. The maximum Gasteiger partial charge on any atom is 0.135 e. The van der Waals surface area contributed by atoms with Crippen LogP contribution in [0, 0.1) is 0 Å². The lowest BCUT2D eigenvalue weighted by Gasteiger charge is -2.24. The van der Waals surface area contributed by atoms with E-state index in [9.17, 15) is 5.11 Å². The lowest BCUT2D eigenvalue weighted by molar-refractivity contribution is 0.0481. The van der Waals surface area contributed by atoms with Gasteiger partial charge in [-0.25, -0.2) is 9.97 Å². The molecular weight excluding hydrogens is 226 g/mol. The van der Waals surface area contributed by atoms with Crippen molar-refractivity contribution in [3.8, 4) is 0 Å². The van der Waals surface area contributed by atoms with Crippen molar-refractivity contribution in [1.29, 1.82) is 0 Å². The van der Waals surface area contributed by atoms with E-state index in [0.717, 1.165) is 51.0 Å². The molecule has 3 rings (SSSR count). The van der Waals surface area contributed by atoms with Crippen LogP contribution in [0.1, 0.15) is 43.9 Å². The van der Waals surface area contributed by atoms with Crippen LogP contribution in [-0.2, 0) is 12.8 Å². The van der Waals surface area contributed by atoms with Gasteiger partial charge in [0.25, 0.3) is 0 Å². The molecular formula is C14H21N3O. The smallest absolute Gasteiger partial charge is 0.135 e. The first-order valence-corrected chi connectivity index (χ1v) is 6.96. The van der Waals surface area contributed by atoms with Crippen molar-refractivity contribution >= 4 is 5.82 Å². The average Bonchev–Trinajstić information content (AvgIpc) is 2.74. The highest BCUT2D eigenvalue weighted by atomic mass is 16.3. The van der Waals surface area contributed by atoms with Gasteiger partial charge >= 0.3 is 0 Å². The number of anilines is 1. The molecule has 4 heteroatoms. The Kier molecular flexibility index (Phi) is 2.98. The normalized spacial score (nSPS) is 28.0. The van der Waals surface area contributed by atoms with Gasteiger partial charge in [-0.05, 0) is 45.4 Å². The van der Waals surface area contributed by atoms with Gasteiger partial charge in [0, 0.05) is 24.3 Å². The van der Waals surface area contributed by atoms with Gasteiger partial charge in [0.15, 0.2) is 0 Å². The van der Waals surface area contributed by atoms with Crippen molar-refractivity contribution in [2.24, 2.45) is 0 Å². The largest absolute Gasteiger partial charge is 0.390 e. The second-order valence-electron chi connectivity index (χ2n) is 5.81. The molecule has 1 fully saturated rings. The summed E-state index contributed by atoms with van der Waals surface area (Å²) in [5, 5.41) is 10.2. The quantitative estimate of drug-likeness (QED) is 0.820. The van der Waals surface area contributed by atoms with Crippen molar-refractivity contribution in [3.05, 3.63) is 17.6 Å². The van der Waals surface area contributed by atoms with E-state index in [-0.39, 0.29) is 0 Å². The molecule has 1 aromatic rings. The number of aliphatic hydroxyl groups is 1. The SMILES string of the molecule is CC1(O)CCCN(c2ncnc3c2CCC3)CC1. The summed E-state index contributed by atoms with van der Waals surface area (Å²) < 4.78 is 0. The third kappa shape index (κ3) is 2.21. The fourth-order valence-corrected chi connectivity index (χ4v) is 3.09. The number of aromatic nitrogens is 2. The maximum absolute atomic E-state index is 10.2. The molecule has 1 saturated heterocycles. The van der Waals surface area contributed by atoms with E-state index < -0.39 is 5.60 Å². The zero-order chi connectivity index (χ0) is 12.6. The number of aryl methyl sites for hydroxylation is 1. The summed E-state index contributed by atoms with van der Waals surface area (Å²) in [6.07, 6.45) is 7.85. The molecule has 1 atom stereocenters. The first-order valence-electron chi connectivity index (χ1n) is 6.96. The zero-order valence-corrected chi connectivity index (χ0v) is 11.0. The van der Waals surface area contributed by atoms with Crippen LogP contribution in [0.15, 0.2) is 6.33 Å².